The van der Waals surface area contributed by atoms with Gasteiger partial charge in [-0.2, -0.15) is 0 Å². The Morgan fingerprint density at radius 3 is 2.71 bits per heavy atom. The Hall–Kier alpha value is -1.98. The average Bonchev–Trinajstić information content (AvgIpc) is 2.97. The summed E-state index contributed by atoms with van der Waals surface area (Å²) in [5, 5.41) is 13.7. The van der Waals surface area contributed by atoms with Crippen molar-refractivity contribution in [3.05, 3.63) is 65.2 Å². The molecule has 3 rings (SSSR count). The fourth-order valence-electron chi connectivity index (χ4n) is 3.18. The fraction of sp³-hybridized carbons (Fsp3) is 0.316. The third kappa shape index (κ3) is 3.14. The lowest BCUT2D eigenvalue weighted by atomic mass is 9.96. The van der Waals surface area contributed by atoms with Crippen molar-refractivity contribution in [2.24, 2.45) is 0 Å². The Kier molecular flexibility index (Phi) is 4.83. The van der Waals surface area contributed by atoms with Gasteiger partial charge < -0.3 is 10.4 Å². The first-order chi connectivity index (χ1) is 11.5. The summed E-state index contributed by atoms with van der Waals surface area (Å²) in [7, 11) is -1.20. The molecule has 24 heavy (non-hydrogen) atoms. The maximum absolute atomic E-state index is 12.5. The number of amides is 1. The summed E-state index contributed by atoms with van der Waals surface area (Å²) in [6.07, 6.45) is 1.40. The minimum absolute atomic E-state index is 0.149. The van der Waals surface area contributed by atoms with E-state index in [9.17, 15) is 14.1 Å². The lowest BCUT2D eigenvalue weighted by molar-refractivity contribution is 0.0369. The van der Waals surface area contributed by atoms with Gasteiger partial charge in [-0.25, -0.2) is 0 Å². The van der Waals surface area contributed by atoms with Gasteiger partial charge in [-0.05, 0) is 36.1 Å². The second-order valence-electron chi connectivity index (χ2n) is 6.00. The maximum atomic E-state index is 12.5. The Balaban J connectivity index is 1.77. The van der Waals surface area contributed by atoms with E-state index in [4.69, 9.17) is 0 Å². The molecule has 0 aliphatic heterocycles. The third-order valence-electron chi connectivity index (χ3n) is 4.51. The predicted molar refractivity (Wildman–Crippen MR) is 94.4 cm³/mol. The highest BCUT2D eigenvalue weighted by molar-refractivity contribution is 7.85. The third-order valence-corrected chi connectivity index (χ3v) is 5.88. The first-order valence-electron chi connectivity index (χ1n) is 8.11. The van der Waals surface area contributed by atoms with Crippen molar-refractivity contribution >= 4 is 16.7 Å². The second kappa shape index (κ2) is 6.87. The van der Waals surface area contributed by atoms with Crippen LogP contribution in [0.1, 0.15) is 34.8 Å². The van der Waals surface area contributed by atoms with Gasteiger partial charge in [0, 0.05) is 5.75 Å². The number of fused-ring (bicyclic) bond motifs is 1. The van der Waals surface area contributed by atoms with Crippen LogP contribution < -0.4 is 5.32 Å². The van der Waals surface area contributed by atoms with Gasteiger partial charge in [-0.3, -0.25) is 9.00 Å². The van der Waals surface area contributed by atoms with Gasteiger partial charge in [-0.15, -0.1) is 0 Å². The predicted octanol–water partition coefficient (Wildman–Crippen LogP) is 2.38. The van der Waals surface area contributed by atoms with Crippen LogP contribution in [0, 0.1) is 0 Å². The van der Waals surface area contributed by atoms with Crippen molar-refractivity contribution in [1.82, 2.24) is 5.32 Å². The van der Waals surface area contributed by atoms with Crippen LogP contribution in [0.4, 0.5) is 0 Å². The van der Waals surface area contributed by atoms with E-state index in [-0.39, 0.29) is 12.5 Å². The number of nitrogens with one attached hydrogen (secondary N) is 1. The Bertz CT molecular complexity index is 790. The number of aliphatic hydroxyl groups is 1. The molecule has 2 aromatic carbocycles. The summed E-state index contributed by atoms with van der Waals surface area (Å²) >= 11 is 0. The fourth-order valence-corrected chi connectivity index (χ4v) is 4.13. The van der Waals surface area contributed by atoms with Crippen LogP contribution in [0.25, 0.3) is 0 Å². The minimum atomic E-state index is -1.20. The monoisotopic (exact) mass is 343 g/mol. The second-order valence-corrected chi connectivity index (χ2v) is 7.71. The molecule has 0 unspecified atom stereocenters. The van der Waals surface area contributed by atoms with Gasteiger partial charge in [-0.1, -0.05) is 43.3 Å². The van der Waals surface area contributed by atoms with Gasteiger partial charge in [0.1, 0.15) is 5.60 Å². The highest BCUT2D eigenvalue weighted by Gasteiger charge is 2.36. The van der Waals surface area contributed by atoms with E-state index >= 15 is 0 Å². The van der Waals surface area contributed by atoms with Crippen LogP contribution in [-0.4, -0.2) is 27.5 Å². The molecule has 1 amide bonds. The summed E-state index contributed by atoms with van der Waals surface area (Å²) in [5.41, 5.74) is 1.38. The molecule has 0 saturated carbocycles. The molecule has 0 fully saturated rings. The van der Waals surface area contributed by atoms with Crippen molar-refractivity contribution in [2.75, 3.05) is 12.3 Å². The molecule has 0 spiro atoms. The highest BCUT2D eigenvalue weighted by atomic mass is 32.2. The standard InChI is InChI=1S/C19H21NO3S/c1-2-24(23)17-10-6-4-8-15(17)18(21)20-13-19(22)12-11-14-7-3-5-9-16(14)19/h3-10,22H,2,11-13H2,1H3,(H,20,21)/t19-,24+/m1/s1. The SMILES string of the molecule is CC[S@](=O)c1ccccc1C(=O)NC[C@]1(O)CCc2ccccc21. The summed E-state index contributed by atoms with van der Waals surface area (Å²) in [5.74, 6) is 0.159. The van der Waals surface area contributed by atoms with Gasteiger partial charge in [0.15, 0.2) is 0 Å². The number of carbonyl (C=O) groups is 1. The molecule has 0 heterocycles. The Labute approximate surface area is 144 Å². The summed E-state index contributed by atoms with van der Waals surface area (Å²) < 4.78 is 12.1. The average molecular weight is 343 g/mol. The van der Waals surface area contributed by atoms with E-state index in [2.05, 4.69) is 5.32 Å². The van der Waals surface area contributed by atoms with Crippen molar-refractivity contribution < 1.29 is 14.1 Å². The molecular formula is C19H21NO3S. The topological polar surface area (TPSA) is 66.4 Å². The van der Waals surface area contributed by atoms with Gasteiger partial charge >= 0.3 is 0 Å². The summed E-state index contributed by atoms with van der Waals surface area (Å²) in [4.78, 5) is 13.1. The largest absolute Gasteiger partial charge is 0.383 e. The minimum Gasteiger partial charge on any atom is -0.383 e. The number of benzene rings is 2. The van der Waals surface area contributed by atoms with Crippen molar-refractivity contribution in [3.63, 3.8) is 0 Å². The van der Waals surface area contributed by atoms with Crippen LogP contribution in [0.5, 0.6) is 0 Å². The van der Waals surface area contributed by atoms with E-state index in [1.807, 2.05) is 31.2 Å². The van der Waals surface area contributed by atoms with Gasteiger partial charge in [0.25, 0.3) is 5.91 Å². The molecular weight excluding hydrogens is 322 g/mol. The quantitative estimate of drug-likeness (QED) is 0.876. The zero-order valence-electron chi connectivity index (χ0n) is 13.6. The van der Waals surface area contributed by atoms with E-state index in [1.54, 1.807) is 24.3 Å². The molecule has 4 nitrogen and oxygen atoms in total. The number of aryl methyl sites for hydroxylation is 1. The van der Waals surface area contributed by atoms with Gasteiger partial charge in [0.2, 0.25) is 0 Å². The van der Waals surface area contributed by atoms with Crippen molar-refractivity contribution in [2.45, 2.75) is 30.3 Å². The molecule has 0 aromatic heterocycles. The number of hydrogen-bond acceptors (Lipinski definition) is 3. The van der Waals surface area contributed by atoms with Crippen LogP contribution >= 0.6 is 0 Å². The molecule has 5 heteroatoms. The number of rotatable bonds is 5. The molecule has 2 atom stereocenters. The summed E-state index contributed by atoms with van der Waals surface area (Å²) in [6.45, 7) is 1.97. The maximum Gasteiger partial charge on any atom is 0.252 e. The normalized spacial score (nSPS) is 20.4. The lowest BCUT2D eigenvalue weighted by Crippen LogP contribution is -2.39. The van der Waals surface area contributed by atoms with Crippen LogP contribution in [-0.2, 0) is 22.8 Å². The Morgan fingerprint density at radius 2 is 1.92 bits per heavy atom. The molecule has 126 valence electrons. The molecule has 1 aliphatic carbocycles. The van der Waals surface area contributed by atoms with Crippen LogP contribution in [0.2, 0.25) is 0 Å². The van der Waals surface area contributed by atoms with Gasteiger partial charge in [0.05, 0.1) is 27.8 Å². The molecule has 2 N–H and O–H groups in total. The molecule has 0 saturated heterocycles. The van der Waals surface area contributed by atoms with Crippen LogP contribution in [0.15, 0.2) is 53.4 Å². The molecule has 0 radical (unpaired) electrons. The van der Waals surface area contributed by atoms with E-state index < -0.39 is 16.4 Å². The lowest BCUT2D eigenvalue weighted by Gasteiger charge is -2.24. The van der Waals surface area contributed by atoms with E-state index in [0.717, 1.165) is 17.5 Å². The highest BCUT2D eigenvalue weighted by Crippen LogP contribution is 2.36. The zero-order chi connectivity index (χ0) is 17.2. The zero-order valence-corrected chi connectivity index (χ0v) is 14.4. The van der Waals surface area contributed by atoms with Crippen LogP contribution in [0.3, 0.4) is 0 Å². The number of hydrogen-bond donors (Lipinski definition) is 2. The Morgan fingerprint density at radius 1 is 1.21 bits per heavy atom. The summed E-state index contributed by atoms with van der Waals surface area (Å²) in [6, 6.07) is 14.7. The first-order valence-corrected chi connectivity index (χ1v) is 9.43. The molecule has 0 bridgehead atoms. The first kappa shape index (κ1) is 16.9. The number of carbonyl (C=O) groups excluding carboxylic acids is 1. The smallest absolute Gasteiger partial charge is 0.252 e. The van der Waals surface area contributed by atoms with E-state index in [0.29, 0.717) is 22.6 Å². The van der Waals surface area contributed by atoms with Crippen molar-refractivity contribution in [3.8, 4) is 0 Å². The molecule has 2 aromatic rings. The molecule has 1 aliphatic rings. The van der Waals surface area contributed by atoms with Crippen molar-refractivity contribution in [1.29, 1.82) is 0 Å². The van der Waals surface area contributed by atoms with E-state index in [1.165, 1.54) is 0 Å².